The van der Waals surface area contributed by atoms with Gasteiger partial charge in [-0.05, 0) is 49.9 Å². The van der Waals surface area contributed by atoms with Gasteiger partial charge in [-0.15, -0.1) is 11.3 Å². The van der Waals surface area contributed by atoms with Gasteiger partial charge in [0.2, 0.25) is 5.91 Å². The summed E-state index contributed by atoms with van der Waals surface area (Å²) in [6, 6.07) is 8.27. The summed E-state index contributed by atoms with van der Waals surface area (Å²) < 4.78 is 0. The van der Waals surface area contributed by atoms with Gasteiger partial charge in [0, 0.05) is 41.0 Å². The number of nitrogens with one attached hydrogen (secondary N) is 1. The van der Waals surface area contributed by atoms with Gasteiger partial charge in [-0.2, -0.15) is 0 Å². The van der Waals surface area contributed by atoms with E-state index in [1.807, 2.05) is 12.1 Å². The number of carbonyl (C=O) groups excluding carboxylic acids is 1. The van der Waals surface area contributed by atoms with Crippen molar-refractivity contribution in [2.24, 2.45) is 0 Å². The van der Waals surface area contributed by atoms with Crippen molar-refractivity contribution in [1.82, 2.24) is 20.2 Å². The minimum atomic E-state index is 0.0764. The fourth-order valence-corrected chi connectivity index (χ4v) is 5.80. The molecule has 0 unspecified atom stereocenters. The Morgan fingerprint density at radius 3 is 2.70 bits per heavy atom. The SMILES string of the molecule is Cc1sc2ncnc(SCC(=O)NC3CCN(Cc4ccc(Cl)cc4)CC3)c2c1C. The molecule has 1 N–H and O–H groups in total. The summed E-state index contributed by atoms with van der Waals surface area (Å²) in [4.78, 5) is 26.0. The average Bonchev–Trinajstić information content (AvgIpc) is 3.04. The van der Waals surface area contributed by atoms with Gasteiger partial charge >= 0.3 is 0 Å². The number of fused-ring (bicyclic) bond motifs is 1. The first-order chi connectivity index (χ1) is 14.5. The highest BCUT2D eigenvalue weighted by molar-refractivity contribution is 8.00. The summed E-state index contributed by atoms with van der Waals surface area (Å²) in [7, 11) is 0. The third-order valence-corrected chi connectivity index (χ3v) is 7.90. The predicted molar refractivity (Wildman–Crippen MR) is 126 cm³/mol. The lowest BCUT2D eigenvalue weighted by atomic mass is 10.0. The molecule has 30 heavy (non-hydrogen) atoms. The van der Waals surface area contributed by atoms with E-state index in [4.69, 9.17) is 11.6 Å². The van der Waals surface area contributed by atoms with Gasteiger partial charge in [0.25, 0.3) is 0 Å². The maximum atomic E-state index is 12.5. The van der Waals surface area contributed by atoms with Gasteiger partial charge in [0.1, 0.15) is 16.2 Å². The van der Waals surface area contributed by atoms with Gasteiger partial charge in [-0.25, -0.2) is 9.97 Å². The van der Waals surface area contributed by atoms with Crippen molar-refractivity contribution >= 4 is 50.8 Å². The molecule has 0 bridgehead atoms. The van der Waals surface area contributed by atoms with Crippen LogP contribution in [0.25, 0.3) is 10.2 Å². The highest BCUT2D eigenvalue weighted by Gasteiger charge is 2.21. The van der Waals surface area contributed by atoms with Gasteiger partial charge < -0.3 is 5.32 Å². The standard InChI is InChI=1S/C22H25ClN4OS2/c1-14-15(2)30-22-20(14)21(24-13-25-22)29-12-19(28)26-18-7-9-27(10-8-18)11-16-3-5-17(23)6-4-16/h3-6,13,18H,7-12H2,1-2H3,(H,26,28). The van der Waals surface area contributed by atoms with Crippen LogP contribution in [0.3, 0.4) is 0 Å². The molecule has 1 aliphatic rings. The maximum absolute atomic E-state index is 12.5. The average molecular weight is 461 g/mol. The lowest BCUT2D eigenvalue weighted by Gasteiger charge is -2.32. The number of aromatic nitrogens is 2. The van der Waals surface area contributed by atoms with Crippen molar-refractivity contribution in [3.05, 3.63) is 51.6 Å². The first-order valence-corrected chi connectivity index (χ1v) is 12.3. The Kier molecular flexibility index (Phi) is 6.93. The van der Waals surface area contributed by atoms with Crippen LogP contribution >= 0.6 is 34.7 Å². The number of rotatable bonds is 6. The Labute approximate surface area is 190 Å². The van der Waals surface area contributed by atoms with Crippen LogP contribution in [-0.2, 0) is 11.3 Å². The number of likely N-dealkylation sites (tertiary alicyclic amines) is 1. The molecule has 0 saturated carbocycles. The third-order valence-electron chi connectivity index (χ3n) is 5.54. The third kappa shape index (κ3) is 5.14. The molecule has 8 heteroatoms. The zero-order valence-corrected chi connectivity index (χ0v) is 19.5. The van der Waals surface area contributed by atoms with Crippen LogP contribution in [-0.4, -0.2) is 45.7 Å². The molecule has 1 saturated heterocycles. The largest absolute Gasteiger partial charge is 0.353 e. The Morgan fingerprint density at radius 2 is 1.97 bits per heavy atom. The van der Waals surface area contributed by atoms with Crippen LogP contribution in [0.5, 0.6) is 0 Å². The number of nitrogens with zero attached hydrogens (tertiary/aromatic N) is 3. The molecule has 1 aromatic carbocycles. The van der Waals surface area contributed by atoms with Crippen molar-refractivity contribution in [1.29, 1.82) is 0 Å². The molecule has 3 aromatic rings. The summed E-state index contributed by atoms with van der Waals surface area (Å²) in [6.45, 7) is 7.10. The highest BCUT2D eigenvalue weighted by Crippen LogP contribution is 2.34. The van der Waals surface area contributed by atoms with E-state index in [1.165, 1.54) is 27.8 Å². The fourth-order valence-electron chi connectivity index (χ4n) is 3.75. The first kappa shape index (κ1) is 21.6. The smallest absolute Gasteiger partial charge is 0.230 e. The summed E-state index contributed by atoms with van der Waals surface area (Å²) >= 11 is 9.14. The second-order valence-corrected chi connectivity index (χ2v) is 10.3. The maximum Gasteiger partial charge on any atom is 0.230 e. The monoisotopic (exact) mass is 460 g/mol. The van der Waals surface area contributed by atoms with E-state index in [0.29, 0.717) is 5.75 Å². The highest BCUT2D eigenvalue weighted by atomic mass is 35.5. The molecule has 4 rings (SSSR count). The fraction of sp³-hybridized carbons (Fsp3) is 0.409. The van der Waals surface area contributed by atoms with Crippen molar-refractivity contribution in [2.75, 3.05) is 18.8 Å². The van der Waals surface area contributed by atoms with E-state index in [0.717, 1.165) is 52.7 Å². The molecular weight excluding hydrogens is 436 g/mol. The molecular formula is C22H25ClN4OS2. The molecule has 3 heterocycles. The summed E-state index contributed by atoms with van der Waals surface area (Å²) in [5.41, 5.74) is 2.49. The van der Waals surface area contributed by atoms with Crippen LogP contribution < -0.4 is 5.32 Å². The number of benzene rings is 1. The summed E-state index contributed by atoms with van der Waals surface area (Å²) in [5, 5.41) is 5.96. The van der Waals surface area contributed by atoms with Crippen LogP contribution in [0, 0.1) is 13.8 Å². The molecule has 0 spiro atoms. The van der Waals surface area contributed by atoms with Crippen molar-refractivity contribution < 1.29 is 4.79 Å². The van der Waals surface area contributed by atoms with Gasteiger partial charge in [-0.3, -0.25) is 9.69 Å². The molecule has 1 amide bonds. The number of carbonyl (C=O) groups is 1. The Bertz CT molecular complexity index is 1030. The molecule has 1 aliphatic heterocycles. The minimum absolute atomic E-state index is 0.0764. The van der Waals surface area contributed by atoms with Crippen molar-refractivity contribution in [3.8, 4) is 0 Å². The number of thioether (sulfide) groups is 1. The minimum Gasteiger partial charge on any atom is -0.353 e. The van der Waals surface area contributed by atoms with Gasteiger partial charge in [0.05, 0.1) is 5.75 Å². The molecule has 5 nitrogen and oxygen atoms in total. The van der Waals surface area contributed by atoms with Crippen LogP contribution in [0.4, 0.5) is 0 Å². The van der Waals surface area contributed by atoms with E-state index in [2.05, 4.69) is 46.2 Å². The number of hydrogen-bond donors (Lipinski definition) is 1. The van der Waals surface area contributed by atoms with E-state index in [1.54, 1.807) is 17.7 Å². The topological polar surface area (TPSA) is 58.1 Å². The molecule has 1 fully saturated rings. The Balaban J connectivity index is 1.25. The first-order valence-electron chi connectivity index (χ1n) is 10.1. The van der Waals surface area contributed by atoms with Crippen LogP contribution in [0.1, 0.15) is 28.8 Å². The van der Waals surface area contributed by atoms with Crippen molar-refractivity contribution in [2.45, 2.75) is 44.3 Å². The van der Waals surface area contributed by atoms with E-state index >= 15 is 0 Å². The molecule has 0 atom stereocenters. The number of halogens is 1. The van der Waals surface area contributed by atoms with E-state index in [9.17, 15) is 4.79 Å². The Morgan fingerprint density at radius 1 is 1.23 bits per heavy atom. The van der Waals surface area contributed by atoms with Gasteiger partial charge in [-0.1, -0.05) is 35.5 Å². The molecule has 158 valence electrons. The van der Waals surface area contributed by atoms with Crippen LogP contribution in [0.15, 0.2) is 35.6 Å². The summed E-state index contributed by atoms with van der Waals surface area (Å²) in [5.74, 6) is 0.457. The lowest BCUT2D eigenvalue weighted by molar-refractivity contribution is -0.119. The summed E-state index contributed by atoms with van der Waals surface area (Å²) in [6.07, 6.45) is 3.55. The molecule has 0 radical (unpaired) electrons. The normalized spacial score (nSPS) is 15.6. The van der Waals surface area contributed by atoms with Gasteiger partial charge in [0.15, 0.2) is 0 Å². The lowest BCUT2D eigenvalue weighted by Crippen LogP contribution is -2.44. The second kappa shape index (κ2) is 9.64. The number of amides is 1. The zero-order valence-electron chi connectivity index (χ0n) is 17.2. The van der Waals surface area contributed by atoms with E-state index in [-0.39, 0.29) is 11.9 Å². The number of hydrogen-bond acceptors (Lipinski definition) is 6. The molecule has 2 aromatic heterocycles. The van der Waals surface area contributed by atoms with E-state index < -0.39 is 0 Å². The predicted octanol–water partition coefficient (Wildman–Crippen LogP) is 4.83. The number of piperidine rings is 1. The Hall–Kier alpha value is -1.67. The second-order valence-electron chi connectivity index (χ2n) is 7.68. The quantitative estimate of drug-likeness (QED) is 0.421. The molecule has 0 aliphatic carbocycles. The van der Waals surface area contributed by atoms with Crippen LogP contribution in [0.2, 0.25) is 5.02 Å². The number of thiophene rings is 1. The number of aryl methyl sites for hydroxylation is 2. The van der Waals surface area contributed by atoms with Crippen molar-refractivity contribution in [3.63, 3.8) is 0 Å². The zero-order chi connectivity index (χ0) is 21.1.